The third-order valence-corrected chi connectivity index (χ3v) is 5.31. The van der Waals surface area contributed by atoms with Crippen molar-refractivity contribution in [2.24, 2.45) is 0 Å². The molecule has 6 nitrogen and oxygen atoms in total. The van der Waals surface area contributed by atoms with Crippen molar-refractivity contribution < 1.29 is 14.3 Å². The summed E-state index contributed by atoms with van der Waals surface area (Å²) in [4.78, 5) is 23.1. The molecule has 0 spiro atoms. The monoisotopic (exact) mass is 397 g/mol. The van der Waals surface area contributed by atoms with Crippen LogP contribution >= 0.6 is 11.3 Å². The fraction of sp³-hybridized carbons (Fsp3) is 0.286. The van der Waals surface area contributed by atoms with E-state index in [1.165, 1.54) is 11.3 Å². The minimum absolute atomic E-state index is 0.0418. The summed E-state index contributed by atoms with van der Waals surface area (Å²) in [5, 5.41) is 2.77. The average Bonchev–Trinajstić information content (AvgIpc) is 3.20. The summed E-state index contributed by atoms with van der Waals surface area (Å²) in [7, 11) is 5.02. The summed E-state index contributed by atoms with van der Waals surface area (Å²) in [5.41, 5.74) is 2.68. The summed E-state index contributed by atoms with van der Waals surface area (Å²) < 4.78 is 10.6. The van der Waals surface area contributed by atoms with E-state index in [1.807, 2.05) is 48.8 Å². The zero-order valence-electron chi connectivity index (χ0n) is 16.2. The normalized spacial score (nSPS) is 10.5. The Balaban J connectivity index is 1.61. The van der Waals surface area contributed by atoms with Crippen LogP contribution in [0.1, 0.15) is 11.4 Å². The first-order valence-corrected chi connectivity index (χ1v) is 9.79. The molecule has 0 saturated heterocycles. The van der Waals surface area contributed by atoms with E-state index in [0.717, 1.165) is 28.4 Å². The van der Waals surface area contributed by atoms with Crippen LogP contribution in [0.5, 0.6) is 11.5 Å². The molecule has 0 bridgehead atoms. The standard InChI is InChI=1S/C21H23N3O3S/c1-24(11-9-16-6-4-5-10-22-16)20(25)13-17-14-28-21(23-17)15-7-8-18(26-2)19(12-15)27-3/h4-8,10,12,14H,9,11,13H2,1-3H3. The topological polar surface area (TPSA) is 64.5 Å². The zero-order chi connectivity index (χ0) is 19.9. The molecule has 1 aromatic carbocycles. The van der Waals surface area contributed by atoms with Gasteiger partial charge in [-0.15, -0.1) is 11.3 Å². The lowest BCUT2D eigenvalue weighted by atomic mass is 10.2. The predicted molar refractivity (Wildman–Crippen MR) is 110 cm³/mol. The first-order valence-electron chi connectivity index (χ1n) is 8.91. The van der Waals surface area contributed by atoms with E-state index in [-0.39, 0.29) is 12.3 Å². The summed E-state index contributed by atoms with van der Waals surface area (Å²) in [6, 6.07) is 11.5. The van der Waals surface area contributed by atoms with Crippen LogP contribution < -0.4 is 9.47 Å². The third-order valence-electron chi connectivity index (χ3n) is 4.37. The van der Waals surface area contributed by atoms with Crippen molar-refractivity contribution in [1.29, 1.82) is 0 Å². The molecule has 2 aromatic heterocycles. The number of hydrogen-bond acceptors (Lipinski definition) is 6. The van der Waals surface area contributed by atoms with Crippen LogP contribution in [0.25, 0.3) is 10.6 Å². The Labute approximate surface area is 168 Å². The largest absolute Gasteiger partial charge is 0.493 e. The van der Waals surface area contributed by atoms with Crippen LogP contribution in [-0.4, -0.2) is 48.6 Å². The maximum atomic E-state index is 12.5. The highest BCUT2D eigenvalue weighted by molar-refractivity contribution is 7.13. The quantitative estimate of drug-likeness (QED) is 0.582. The lowest BCUT2D eigenvalue weighted by Crippen LogP contribution is -2.30. The second-order valence-corrected chi connectivity index (χ2v) is 7.14. The molecule has 0 fully saturated rings. The number of ether oxygens (including phenoxy) is 2. The van der Waals surface area contributed by atoms with Crippen LogP contribution in [0, 0.1) is 0 Å². The summed E-state index contributed by atoms with van der Waals surface area (Å²) in [6.07, 6.45) is 2.78. The lowest BCUT2D eigenvalue weighted by molar-refractivity contribution is -0.129. The van der Waals surface area contributed by atoms with Gasteiger partial charge in [-0.1, -0.05) is 6.07 Å². The molecular formula is C21H23N3O3S. The maximum absolute atomic E-state index is 12.5. The van der Waals surface area contributed by atoms with Crippen LogP contribution in [0.3, 0.4) is 0 Å². The third kappa shape index (κ3) is 4.86. The molecule has 1 amide bonds. The Morgan fingerprint density at radius 2 is 1.93 bits per heavy atom. The summed E-state index contributed by atoms with van der Waals surface area (Å²) in [6.45, 7) is 0.627. The molecule has 0 unspecified atom stereocenters. The van der Waals surface area contributed by atoms with Gasteiger partial charge in [-0.25, -0.2) is 4.98 Å². The molecule has 0 N–H and O–H groups in total. The van der Waals surface area contributed by atoms with Gasteiger partial charge in [-0.2, -0.15) is 0 Å². The van der Waals surface area contributed by atoms with Crippen LogP contribution in [0.4, 0.5) is 0 Å². The molecule has 0 radical (unpaired) electrons. The highest BCUT2D eigenvalue weighted by Crippen LogP contribution is 2.33. The molecule has 28 heavy (non-hydrogen) atoms. The second kappa shape index (κ2) is 9.32. The number of carbonyl (C=O) groups is 1. The van der Waals surface area contributed by atoms with E-state index >= 15 is 0 Å². The fourth-order valence-corrected chi connectivity index (χ4v) is 3.55. The molecule has 2 heterocycles. The van der Waals surface area contributed by atoms with E-state index in [0.29, 0.717) is 18.0 Å². The summed E-state index contributed by atoms with van der Waals surface area (Å²) >= 11 is 1.51. The number of likely N-dealkylation sites (N-methyl/N-ethyl adjacent to an activating group) is 1. The van der Waals surface area contributed by atoms with Crippen molar-refractivity contribution in [3.63, 3.8) is 0 Å². The van der Waals surface area contributed by atoms with Crippen molar-refractivity contribution in [2.75, 3.05) is 27.8 Å². The highest BCUT2D eigenvalue weighted by Gasteiger charge is 2.14. The van der Waals surface area contributed by atoms with E-state index in [4.69, 9.17) is 9.47 Å². The van der Waals surface area contributed by atoms with Crippen LogP contribution in [-0.2, 0) is 17.6 Å². The first kappa shape index (κ1) is 19.8. The molecule has 3 aromatic rings. The SMILES string of the molecule is COc1ccc(-c2nc(CC(=O)N(C)CCc3ccccn3)cs2)cc1OC. The van der Waals surface area contributed by atoms with Crippen molar-refractivity contribution in [3.05, 3.63) is 59.4 Å². The van der Waals surface area contributed by atoms with Gasteiger partial charge in [-0.05, 0) is 30.3 Å². The Hall–Kier alpha value is -2.93. The maximum Gasteiger partial charge on any atom is 0.228 e. The van der Waals surface area contributed by atoms with Crippen molar-refractivity contribution >= 4 is 17.2 Å². The van der Waals surface area contributed by atoms with E-state index in [2.05, 4.69) is 9.97 Å². The van der Waals surface area contributed by atoms with Gasteiger partial charge < -0.3 is 14.4 Å². The van der Waals surface area contributed by atoms with Crippen molar-refractivity contribution in [3.8, 4) is 22.1 Å². The molecule has 0 aliphatic rings. The number of benzene rings is 1. The van der Waals surface area contributed by atoms with E-state index < -0.39 is 0 Å². The number of hydrogen-bond donors (Lipinski definition) is 0. The first-order chi connectivity index (χ1) is 13.6. The number of rotatable bonds is 8. The zero-order valence-corrected chi connectivity index (χ0v) is 17.0. The molecule has 0 atom stereocenters. The van der Waals surface area contributed by atoms with Gasteiger partial charge in [0.1, 0.15) is 5.01 Å². The Morgan fingerprint density at radius 1 is 1.11 bits per heavy atom. The molecule has 7 heteroatoms. The number of nitrogens with zero attached hydrogens (tertiary/aromatic N) is 3. The smallest absolute Gasteiger partial charge is 0.228 e. The number of methoxy groups -OCH3 is 2. The van der Waals surface area contributed by atoms with Gasteiger partial charge in [0.05, 0.1) is 26.3 Å². The average molecular weight is 398 g/mol. The Bertz CT molecular complexity index is 928. The molecule has 146 valence electrons. The van der Waals surface area contributed by atoms with Gasteiger partial charge >= 0.3 is 0 Å². The lowest BCUT2D eigenvalue weighted by Gasteiger charge is -2.16. The molecule has 3 rings (SSSR count). The van der Waals surface area contributed by atoms with Gasteiger partial charge in [-0.3, -0.25) is 9.78 Å². The van der Waals surface area contributed by atoms with Gasteiger partial charge in [0.2, 0.25) is 5.91 Å². The van der Waals surface area contributed by atoms with Gasteiger partial charge in [0.25, 0.3) is 0 Å². The van der Waals surface area contributed by atoms with Crippen LogP contribution in [0.15, 0.2) is 48.0 Å². The van der Waals surface area contributed by atoms with Gasteiger partial charge in [0.15, 0.2) is 11.5 Å². The van der Waals surface area contributed by atoms with E-state index in [9.17, 15) is 4.79 Å². The van der Waals surface area contributed by atoms with E-state index in [1.54, 1.807) is 25.3 Å². The minimum Gasteiger partial charge on any atom is -0.493 e. The fourth-order valence-electron chi connectivity index (χ4n) is 2.73. The molecular weight excluding hydrogens is 374 g/mol. The molecule has 0 saturated carbocycles. The second-order valence-electron chi connectivity index (χ2n) is 6.28. The number of aromatic nitrogens is 2. The van der Waals surface area contributed by atoms with Crippen molar-refractivity contribution in [2.45, 2.75) is 12.8 Å². The van der Waals surface area contributed by atoms with Gasteiger partial charge in [0, 0.05) is 42.8 Å². The number of pyridine rings is 1. The van der Waals surface area contributed by atoms with Crippen molar-refractivity contribution in [1.82, 2.24) is 14.9 Å². The molecule has 0 aliphatic carbocycles. The number of thiazole rings is 1. The Kier molecular flexibility index (Phi) is 6.60. The van der Waals surface area contributed by atoms with Crippen LogP contribution in [0.2, 0.25) is 0 Å². The number of carbonyl (C=O) groups excluding carboxylic acids is 1. The Morgan fingerprint density at radius 3 is 2.64 bits per heavy atom. The number of amides is 1. The predicted octanol–water partition coefficient (Wildman–Crippen LogP) is 3.47. The minimum atomic E-state index is 0.0418. The molecule has 0 aliphatic heterocycles. The highest BCUT2D eigenvalue weighted by atomic mass is 32.1. The summed E-state index contributed by atoms with van der Waals surface area (Å²) in [5.74, 6) is 1.37.